The summed E-state index contributed by atoms with van der Waals surface area (Å²) in [6, 6.07) is 0. The van der Waals surface area contributed by atoms with Gasteiger partial charge < -0.3 is 11.1 Å². The van der Waals surface area contributed by atoms with Crippen molar-refractivity contribution in [1.82, 2.24) is 4.98 Å². The van der Waals surface area contributed by atoms with E-state index in [1.165, 1.54) is 11.3 Å². The van der Waals surface area contributed by atoms with E-state index in [0.717, 1.165) is 12.1 Å². The van der Waals surface area contributed by atoms with E-state index in [1.807, 2.05) is 19.2 Å². The number of aromatic nitrogens is 1. The Labute approximate surface area is 106 Å². The predicted octanol–water partition coefficient (Wildman–Crippen LogP) is 2.33. The molecule has 0 aliphatic carbocycles. The van der Waals surface area contributed by atoms with Gasteiger partial charge in [0, 0.05) is 5.38 Å². The molecule has 1 unspecified atom stereocenters. The molecule has 0 saturated heterocycles. The zero-order valence-electron chi connectivity index (χ0n) is 9.74. The zero-order valence-corrected chi connectivity index (χ0v) is 11.4. The number of carbonyl (C=O) groups is 1. The molecule has 1 heterocycles. The first kappa shape index (κ1) is 15.3. The molecule has 0 saturated carbocycles. The number of halogens is 1. The number of nitrogens with one attached hydrogen (secondary N) is 1. The van der Waals surface area contributed by atoms with Gasteiger partial charge in [-0.25, -0.2) is 4.98 Å². The smallest absolute Gasteiger partial charge is 0.245 e. The Kier molecular flexibility index (Phi) is 5.92. The van der Waals surface area contributed by atoms with Crippen LogP contribution in [0, 0.1) is 6.92 Å². The summed E-state index contributed by atoms with van der Waals surface area (Å²) in [5, 5.41) is 5.24. The van der Waals surface area contributed by atoms with Crippen LogP contribution in [0.15, 0.2) is 5.38 Å². The molecule has 0 aliphatic heterocycles. The Bertz CT molecular complexity index is 352. The minimum Gasteiger partial charge on any atom is -0.318 e. The van der Waals surface area contributed by atoms with Crippen LogP contribution in [0.2, 0.25) is 0 Å². The van der Waals surface area contributed by atoms with Crippen LogP contribution in [0.3, 0.4) is 0 Å². The second kappa shape index (κ2) is 6.18. The van der Waals surface area contributed by atoms with Crippen LogP contribution in [0.25, 0.3) is 0 Å². The molecular formula is C10H18ClN3OS. The van der Waals surface area contributed by atoms with Gasteiger partial charge in [0.25, 0.3) is 0 Å². The molecule has 1 amide bonds. The van der Waals surface area contributed by atoms with Crippen molar-refractivity contribution in [2.24, 2.45) is 5.73 Å². The molecule has 1 rings (SSSR count). The van der Waals surface area contributed by atoms with E-state index < -0.39 is 5.54 Å². The number of anilines is 1. The minimum atomic E-state index is -0.811. The van der Waals surface area contributed by atoms with E-state index in [-0.39, 0.29) is 18.3 Å². The lowest BCUT2D eigenvalue weighted by Crippen LogP contribution is -2.48. The number of carbonyl (C=O) groups excluding carboxylic acids is 1. The van der Waals surface area contributed by atoms with E-state index in [1.54, 1.807) is 6.92 Å². The summed E-state index contributed by atoms with van der Waals surface area (Å²) in [6.07, 6.45) is 1.56. The second-order valence-electron chi connectivity index (χ2n) is 3.92. The monoisotopic (exact) mass is 263 g/mol. The van der Waals surface area contributed by atoms with Crippen molar-refractivity contribution in [2.75, 3.05) is 5.32 Å². The molecule has 92 valence electrons. The predicted molar refractivity (Wildman–Crippen MR) is 70.2 cm³/mol. The Balaban J connectivity index is 0.00000225. The van der Waals surface area contributed by atoms with Crippen LogP contribution in [0.1, 0.15) is 32.4 Å². The fourth-order valence-electron chi connectivity index (χ4n) is 1.28. The molecule has 0 spiro atoms. The summed E-state index contributed by atoms with van der Waals surface area (Å²) in [4.78, 5) is 15.9. The first-order chi connectivity index (χ1) is 6.95. The molecule has 1 aromatic heterocycles. The van der Waals surface area contributed by atoms with Gasteiger partial charge in [0.05, 0.1) is 11.2 Å². The van der Waals surface area contributed by atoms with E-state index in [9.17, 15) is 4.79 Å². The average molecular weight is 264 g/mol. The highest BCUT2D eigenvalue weighted by molar-refractivity contribution is 7.13. The molecule has 16 heavy (non-hydrogen) atoms. The number of nitrogens with zero attached hydrogens (tertiary/aromatic N) is 1. The van der Waals surface area contributed by atoms with Gasteiger partial charge in [-0.15, -0.1) is 23.7 Å². The van der Waals surface area contributed by atoms with Crippen molar-refractivity contribution < 1.29 is 4.79 Å². The first-order valence-corrected chi connectivity index (χ1v) is 5.86. The molecular weight excluding hydrogens is 246 g/mol. The summed E-state index contributed by atoms with van der Waals surface area (Å²) in [6.45, 7) is 5.64. The van der Waals surface area contributed by atoms with Crippen LogP contribution in [-0.4, -0.2) is 16.4 Å². The molecule has 0 aliphatic rings. The van der Waals surface area contributed by atoms with Crippen molar-refractivity contribution in [3.8, 4) is 0 Å². The van der Waals surface area contributed by atoms with Gasteiger partial charge in [0.2, 0.25) is 5.91 Å². The summed E-state index contributed by atoms with van der Waals surface area (Å²) >= 11 is 1.41. The summed E-state index contributed by atoms with van der Waals surface area (Å²) in [5.41, 5.74) is 5.99. The van der Waals surface area contributed by atoms with Crippen LogP contribution in [0.5, 0.6) is 0 Å². The number of nitrogens with two attached hydrogens (primary N) is 1. The standard InChI is InChI=1S/C10H17N3OS.ClH/c1-4-5-10(3,11)8(14)13-9-12-7(2)6-15-9;/h6H,4-5,11H2,1-3H3,(H,12,13,14);1H. The highest BCUT2D eigenvalue weighted by Crippen LogP contribution is 2.17. The fourth-order valence-corrected chi connectivity index (χ4v) is 1.97. The maximum Gasteiger partial charge on any atom is 0.245 e. The first-order valence-electron chi connectivity index (χ1n) is 4.98. The van der Waals surface area contributed by atoms with Gasteiger partial charge in [0.1, 0.15) is 0 Å². The third-order valence-electron chi connectivity index (χ3n) is 2.13. The molecule has 0 radical (unpaired) electrons. The molecule has 0 fully saturated rings. The summed E-state index contributed by atoms with van der Waals surface area (Å²) in [7, 11) is 0. The number of rotatable bonds is 4. The average Bonchev–Trinajstić information content (AvgIpc) is 2.51. The van der Waals surface area contributed by atoms with E-state index in [4.69, 9.17) is 5.73 Å². The SMILES string of the molecule is CCCC(C)(N)C(=O)Nc1nc(C)cs1.Cl. The van der Waals surface area contributed by atoms with Gasteiger partial charge in [-0.05, 0) is 20.3 Å². The molecule has 1 aromatic rings. The topological polar surface area (TPSA) is 68.0 Å². The number of hydrogen-bond donors (Lipinski definition) is 2. The van der Waals surface area contributed by atoms with E-state index in [0.29, 0.717) is 11.6 Å². The maximum atomic E-state index is 11.8. The molecule has 1 atom stereocenters. The minimum absolute atomic E-state index is 0. The molecule has 3 N–H and O–H groups in total. The highest BCUT2D eigenvalue weighted by atomic mass is 35.5. The number of hydrogen-bond acceptors (Lipinski definition) is 4. The molecule has 0 bridgehead atoms. The van der Waals surface area contributed by atoms with Crippen molar-refractivity contribution in [2.45, 2.75) is 39.2 Å². The molecule has 4 nitrogen and oxygen atoms in total. The lowest BCUT2D eigenvalue weighted by atomic mass is 9.97. The van der Waals surface area contributed by atoms with Crippen molar-refractivity contribution in [1.29, 1.82) is 0 Å². The lowest BCUT2D eigenvalue weighted by molar-refractivity contribution is -0.120. The molecule has 0 aromatic carbocycles. The second-order valence-corrected chi connectivity index (χ2v) is 4.77. The van der Waals surface area contributed by atoms with Gasteiger partial charge >= 0.3 is 0 Å². The third kappa shape index (κ3) is 4.08. The van der Waals surface area contributed by atoms with Crippen molar-refractivity contribution in [3.63, 3.8) is 0 Å². The highest BCUT2D eigenvalue weighted by Gasteiger charge is 2.27. The fraction of sp³-hybridized carbons (Fsp3) is 0.600. The third-order valence-corrected chi connectivity index (χ3v) is 3.00. The van der Waals surface area contributed by atoms with Crippen molar-refractivity contribution >= 4 is 34.8 Å². The largest absolute Gasteiger partial charge is 0.318 e. The van der Waals surface area contributed by atoms with Crippen LogP contribution >= 0.6 is 23.7 Å². The quantitative estimate of drug-likeness (QED) is 0.876. The van der Waals surface area contributed by atoms with Crippen LogP contribution in [-0.2, 0) is 4.79 Å². The van der Waals surface area contributed by atoms with E-state index >= 15 is 0 Å². The Hall–Kier alpha value is -0.650. The summed E-state index contributed by atoms with van der Waals surface area (Å²) < 4.78 is 0. The lowest BCUT2D eigenvalue weighted by Gasteiger charge is -2.21. The van der Waals surface area contributed by atoms with E-state index in [2.05, 4.69) is 10.3 Å². The normalized spacial score (nSPS) is 13.8. The number of amides is 1. The van der Waals surface area contributed by atoms with Gasteiger partial charge in [-0.2, -0.15) is 0 Å². The number of thiazole rings is 1. The van der Waals surface area contributed by atoms with Gasteiger partial charge in [0.15, 0.2) is 5.13 Å². The number of aryl methyl sites for hydroxylation is 1. The van der Waals surface area contributed by atoms with Gasteiger partial charge in [-0.1, -0.05) is 13.3 Å². The van der Waals surface area contributed by atoms with Crippen LogP contribution in [0.4, 0.5) is 5.13 Å². The maximum absolute atomic E-state index is 11.8. The Morgan fingerprint density at radius 2 is 2.31 bits per heavy atom. The van der Waals surface area contributed by atoms with Gasteiger partial charge in [-0.3, -0.25) is 4.79 Å². The van der Waals surface area contributed by atoms with Crippen LogP contribution < -0.4 is 11.1 Å². The molecule has 6 heteroatoms. The zero-order chi connectivity index (χ0) is 11.5. The van der Waals surface area contributed by atoms with Crippen molar-refractivity contribution in [3.05, 3.63) is 11.1 Å². The Morgan fingerprint density at radius 1 is 1.69 bits per heavy atom. The summed E-state index contributed by atoms with van der Waals surface area (Å²) in [5.74, 6) is -0.168. The Morgan fingerprint density at radius 3 is 2.75 bits per heavy atom.